The van der Waals surface area contributed by atoms with Crippen LogP contribution in [0.5, 0.6) is 0 Å². The van der Waals surface area contributed by atoms with Gasteiger partial charge in [0.15, 0.2) is 0 Å². The quantitative estimate of drug-likeness (QED) is 0.367. The van der Waals surface area contributed by atoms with E-state index < -0.39 is 0 Å². The Balaban J connectivity index is 1.38. The summed E-state index contributed by atoms with van der Waals surface area (Å²) in [6.07, 6.45) is 0. The van der Waals surface area contributed by atoms with Crippen LogP contribution < -0.4 is 5.32 Å². The van der Waals surface area contributed by atoms with Gasteiger partial charge in [-0.05, 0) is 36.1 Å². The van der Waals surface area contributed by atoms with Crippen LogP contribution in [0.2, 0.25) is 0 Å². The molecule has 0 fully saturated rings. The van der Waals surface area contributed by atoms with Crippen molar-refractivity contribution >= 4 is 17.2 Å². The molecule has 1 aromatic heterocycles. The largest absolute Gasteiger partial charge is 0.348 e. The molecule has 4 rings (SSSR count). The van der Waals surface area contributed by atoms with Gasteiger partial charge in [0.25, 0.3) is 5.91 Å². The first-order valence-electron chi connectivity index (χ1n) is 10.5. The number of nitrogens with one attached hydrogen (secondary N) is 1. The maximum Gasteiger partial charge on any atom is 0.251 e. The molecular formula is C27H26N2OS. The standard InChI is InChI=1S/C27H26N2OS/c1-18(2)21-12-14-23(15-13-21)26(30)28-16-20-6-10-24(11-7-20)27-29-25(17-31-27)22-8-4-19(3)5-9-22/h4-15,17-18H,16H2,1-3H3,(H,28,30). The van der Waals surface area contributed by atoms with Crippen molar-refractivity contribution in [3.8, 4) is 21.8 Å². The first-order valence-corrected chi connectivity index (χ1v) is 11.4. The SMILES string of the molecule is Cc1ccc(-c2csc(-c3ccc(CNC(=O)c4ccc(C(C)C)cc4)cc3)n2)cc1. The second-order valence-corrected chi connectivity index (χ2v) is 8.92. The fourth-order valence-electron chi connectivity index (χ4n) is 3.33. The molecule has 0 radical (unpaired) electrons. The number of aromatic nitrogens is 1. The third kappa shape index (κ3) is 5.09. The van der Waals surface area contributed by atoms with Gasteiger partial charge in [-0.25, -0.2) is 4.98 Å². The number of carbonyl (C=O) groups excluding carboxylic acids is 1. The molecule has 0 aliphatic rings. The fourth-order valence-corrected chi connectivity index (χ4v) is 4.17. The summed E-state index contributed by atoms with van der Waals surface area (Å²) < 4.78 is 0. The number of benzene rings is 3. The minimum absolute atomic E-state index is 0.0537. The van der Waals surface area contributed by atoms with Crippen molar-refractivity contribution in [2.45, 2.75) is 33.2 Å². The monoisotopic (exact) mass is 426 g/mol. The van der Waals surface area contributed by atoms with E-state index in [2.05, 4.69) is 67.9 Å². The fraction of sp³-hybridized carbons (Fsp3) is 0.185. The highest BCUT2D eigenvalue weighted by molar-refractivity contribution is 7.13. The molecule has 3 nitrogen and oxygen atoms in total. The van der Waals surface area contributed by atoms with Crippen molar-refractivity contribution in [1.82, 2.24) is 10.3 Å². The highest BCUT2D eigenvalue weighted by atomic mass is 32.1. The zero-order valence-corrected chi connectivity index (χ0v) is 18.9. The summed E-state index contributed by atoms with van der Waals surface area (Å²) in [6, 6.07) is 24.5. The average Bonchev–Trinajstić information content (AvgIpc) is 3.28. The molecule has 31 heavy (non-hydrogen) atoms. The molecule has 3 aromatic carbocycles. The van der Waals surface area contributed by atoms with Crippen LogP contribution in [0.1, 0.15) is 46.8 Å². The zero-order valence-electron chi connectivity index (χ0n) is 18.1. The normalized spacial score (nSPS) is 11.0. The predicted molar refractivity (Wildman–Crippen MR) is 129 cm³/mol. The van der Waals surface area contributed by atoms with Gasteiger partial charge >= 0.3 is 0 Å². The topological polar surface area (TPSA) is 42.0 Å². The van der Waals surface area contributed by atoms with E-state index in [-0.39, 0.29) is 5.91 Å². The Bertz CT molecular complexity index is 1160. The Morgan fingerprint density at radius 1 is 0.903 bits per heavy atom. The first kappa shape index (κ1) is 21.0. The maximum absolute atomic E-state index is 12.4. The molecule has 0 saturated heterocycles. The van der Waals surface area contributed by atoms with Crippen LogP contribution >= 0.6 is 11.3 Å². The first-order chi connectivity index (χ1) is 15.0. The average molecular weight is 427 g/mol. The van der Waals surface area contributed by atoms with Crippen LogP contribution in [-0.2, 0) is 6.54 Å². The number of hydrogen-bond donors (Lipinski definition) is 1. The molecule has 0 atom stereocenters. The Kier molecular flexibility index (Phi) is 6.28. The molecular weight excluding hydrogens is 400 g/mol. The van der Waals surface area contributed by atoms with E-state index in [4.69, 9.17) is 4.98 Å². The number of amides is 1. The summed E-state index contributed by atoms with van der Waals surface area (Å²) >= 11 is 1.65. The van der Waals surface area contributed by atoms with Crippen LogP contribution in [-0.4, -0.2) is 10.9 Å². The van der Waals surface area contributed by atoms with Gasteiger partial charge in [0.1, 0.15) is 5.01 Å². The lowest BCUT2D eigenvalue weighted by Crippen LogP contribution is -2.22. The Hall–Kier alpha value is -3.24. The number of aryl methyl sites for hydroxylation is 1. The van der Waals surface area contributed by atoms with Gasteiger partial charge in [-0.1, -0.05) is 80.1 Å². The lowest BCUT2D eigenvalue weighted by Gasteiger charge is -2.08. The summed E-state index contributed by atoms with van der Waals surface area (Å²) in [5.41, 5.74) is 7.45. The van der Waals surface area contributed by atoms with E-state index in [9.17, 15) is 4.79 Å². The van der Waals surface area contributed by atoms with Crippen LogP contribution in [0.4, 0.5) is 0 Å². The number of carbonyl (C=O) groups is 1. The summed E-state index contributed by atoms with van der Waals surface area (Å²) in [5.74, 6) is 0.406. The van der Waals surface area contributed by atoms with Gasteiger partial charge in [0, 0.05) is 28.6 Å². The third-order valence-electron chi connectivity index (χ3n) is 5.35. The van der Waals surface area contributed by atoms with E-state index in [1.54, 1.807) is 11.3 Å². The summed E-state index contributed by atoms with van der Waals surface area (Å²) in [5, 5.41) is 6.09. The molecule has 0 aliphatic carbocycles. The van der Waals surface area contributed by atoms with E-state index >= 15 is 0 Å². The summed E-state index contributed by atoms with van der Waals surface area (Å²) in [4.78, 5) is 17.2. The van der Waals surface area contributed by atoms with Crippen molar-refractivity contribution in [1.29, 1.82) is 0 Å². The van der Waals surface area contributed by atoms with Gasteiger partial charge in [0.2, 0.25) is 0 Å². The Morgan fingerprint density at radius 2 is 1.55 bits per heavy atom. The molecule has 0 bridgehead atoms. The van der Waals surface area contributed by atoms with E-state index in [0.29, 0.717) is 18.0 Å². The smallest absolute Gasteiger partial charge is 0.251 e. The number of nitrogens with zero attached hydrogens (tertiary/aromatic N) is 1. The van der Waals surface area contributed by atoms with Crippen molar-refractivity contribution in [2.75, 3.05) is 0 Å². The van der Waals surface area contributed by atoms with E-state index in [0.717, 1.165) is 27.4 Å². The van der Waals surface area contributed by atoms with Gasteiger partial charge in [-0.3, -0.25) is 4.79 Å². The molecule has 1 amide bonds. The number of hydrogen-bond acceptors (Lipinski definition) is 3. The lowest BCUT2D eigenvalue weighted by atomic mass is 10.0. The van der Waals surface area contributed by atoms with Gasteiger partial charge < -0.3 is 5.32 Å². The van der Waals surface area contributed by atoms with Crippen molar-refractivity contribution in [2.24, 2.45) is 0 Å². The van der Waals surface area contributed by atoms with Crippen molar-refractivity contribution in [3.05, 3.63) is 100 Å². The van der Waals surface area contributed by atoms with Crippen LogP contribution in [0.15, 0.2) is 78.2 Å². The maximum atomic E-state index is 12.4. The molecule has 1 heterocycles. The lowest BCUT2D eigenvalue weighted by molar-refractivity contribution is 0.0951. The molecule has 0 aliphatic heterocycles. The second-order valence-electron chi connectivity index (χ2n) is 8.06. The Morgan fingerprint density at radius 3 is 2.19 bits per heavy atom. The predicted octanol–water partition coefficient (Wildman–Crippen LogP) is 6.84. The zero-order chi connectivity index (χ0) is 21.8. The number of thiazole rings is 1. The summed E-state index contributed by atoms with van der Waals surface area (Å²) in [7, 11) is 0. The summed E-state index contributed by atoms with van der Waals surface area (Å²) in [6.45, 7) is 6.88. The number of rotatable bonds is 6. The van der Waals surface area contributed by atoms with Crippen LogP contribution in [0.3, 0.4) is 0 Å². The highest BCUT2D eigenvalue weighted by Crippen LogP contribution is 2.29. The van der Waals surface area contributed by atoms with E-state index in [1.807, 2.05) is 36.4 Å². The molecule has 156 valence electrons. The van der Waals surface area contributed by atoms with Crippen molar-refractivity contribution < 1.29 is 4.79 Å². The molecule has 4 aromatic rings. The second kappa shape index (κ2) is 9.27. The van der Waals surface area contributed by atoms with Crippen LogP contribution in [0, 0.1) is 6.92 Å². The third-order valence-corrected chi connectivity index (χ3v) is 6.24. The molecule has 0 spiro atoms. The minimum Gasteiger partial charge on any atom is -0.348 e. The van der Waals surface area contributed by atoms with Crippen molar-refractivity contribution in [3.63, 3.8) is 0 Å². The molecule has 1 N–H and O–H groups in total. The Labute approximate surface area is 187 Å². The van der Waals surface area contributed by atoms with Gasteiger partial charge in [-0.15, -0.1) is 11.3 Å². The molecule has 0 unspecified atom stereocenters. The molecule has 4 heteroatoms. The minimum atomic E-state index is -0.0537. The van der Waals surface area contributed by atoms with Crippen LogP contribution in [0.25, 0.3) is 21.8 Å². The van der Waals surface area contributed by atoms with Gasteiger partial charge in [-0.2, -0.15) is 0 Å². The highest BCUT2D eigenvalue weighted by Gasteiger charge is 2.09. The molecule has 0 saturated carbocycles. The van der Waals surface area contributed by atoms with E-state index in [1.165, 1.54) is 11.1 Å². The van der Waals surface area contributed by atoms with Gasteiger partial charge in [0.05, 0.1) is 5.69 Å².